The van der Waals surface area contributed by atoms with Crippen molar-refractivity contribution in [3.05, 3.63) is 41.7 Å². The van der Waals surface area contributed by atoms with Gasteiger partial charge in [-0.3, -0.25) is 4.68 Å². The molecular weight excluding hydrogens is 256 g/mol. The molecule has 0 radical (unpaired) electrons. The summed E-state index contributed by atoms with van der Waals surface area (Å²) in [5.41, 5.74) is 8.85. The van der Waals surface area contributed by atoms with Crippen LogP contribution in [-0.4, -0.2) is 29.4 Å². The highest BCUT2D eigenvalue weighted by Crippen LogP contribution is 2.20. The SMILES string of the molecule is COC(=O)c1ccc(NCCc2cnn(C)c2)c(N)c1. The Bertz CT molecular complexity index is 607. The van der Waals surface area contributed by atoms with E-state index in [1.165, 1.54) is 7.11 Å². The average Bonchev–Trinajstić information content (AvgIpc) is 2.85. The molecule has 3 N–H and O–H groups in total. The average molecular weight is 274 g/mol. The lowest BCUT2D eigenvalue weighted by molar-refractivity contribution is 0.0601. The number of ether oxygens (including phenoxy) is 1. The van der Waals surface area contributed by atoms with Crippen molar-refractivity contribution in [3.63, 3.8) is 0 Å². The number of esters is 1. The number of aryl methyl sites for hydroxylation is 1. The van der Waals surface area contributed by atoms with E-state index >= 15 is 0 Å². The maximum atomic E-state index is 11.4. The molecule has 0 unspecified atom stereocenters. The van der Waals surface area contributed by atoms with Crippen molar-refractivity contribution >= 4 is 17.3 Å². The van der Waals surface area contributed by atoms with E-state index in [0.29, 0.717) is 11.3 Å². The second-order valence-electron chi connectivity index (χ2n) is 4.49. The molecule has 0 saturated heterocycles. The third kappa shape index (κ3) is 3.28. The van der Waals surface area contributed by atoms with Gasteiger partial charge in [-0.15, -0.1) is 0 Å². The van der Waals surface area contributed by atoms with Crippen molar-refractivity contribution in [2.24, 2.45) is 7.05 Å². The largest absolute Gasteiger partial charge is 0.465 e. The molecule has 1 aromatic carbocycles. The Morgan fingerprint density at radius 1 is 1.50 bits per heavy atom. The van der Waals surface area contributed by atoms with Crippen LogP contribution < -0.4 is 11.1 Å². The van der Waals surface area contributed by atoms with E-state index in [-0.39, 0.29) is 0 Å². The van der Waals surface area contributed by atoms with Gasteiger partial charge in [0.15, 0.2) is 0 Å². The zero-order chi connectivity index (χ0) is 14.5. The van der Waals surface area contributed by atoms with Crippen LogP contribution in [-0.2, 0) is 18.2 Å². The lowest BCUT2D eigenvalue weighted by Crippen LogP contribution is -2.08. The standard InChI is InChI=1S/C14H18N4O2/c1-18-9-10(8-17-18)5-6-16-13-4-3-11(7-12(13)15)14(19)20-2/h3-4,7-9,16H,5-6,15H2,1-2H3. The van der Waals surface area contributed by atoms with Gasteiger partial charge in [-0.05, 0) is 30.2 Å². The van der Waals surface area contributed by atoms with Crippen molar-refractivity contribution in [2.75, 3.05) is 24.7 Å². The van der Waals surface area contributed by atoms with E-state index in [1.54, 1.807) is 22.9 Å². The van der Waals surface area contributed by atoms with Crippen molar-refractivity contribution in [3.8, 4) is 0 Å². The third-order valence-electron chi connectivity index (χ3n) is 2.96. The number of nitrogens with one attached hydrogen (secondary N) is 1. The number of rotatable bonds is 5. The molecule has 0 amide bonds. The van der Waals surface area contributed by atoms with E-state index in [9.17, 15) is 4.79 Å². The molecule has 6 heteroatoms. The Kier molecular flexibility index (Phi) is 4.24. The second-order valence-corrected chi connectivity index (χ2v) is 4.49. The molecule has 1 heterocycles. The van der Waals surface area contributed by atoms with Gasteiger partial charge in [-0.25, -0.2) is 4.79 Å². The van der Waals surface area contributed by atoms with Crippen LogP contribution in [0.1, 0.15) is 15.9 Å². The summed E-state index contributed by atoms with van der Waals surface area (Å²) in [6, 6.07) is 5.08. The van der Waals surface area contributed by atoms with Gasteiger partial charge in [0, 0.05) is 19.8 Å². The van der Waals surface area contributed by atoms with Gasteiger partial charge in [-0.1, -0.05) is 0 Å². The summed E-state index contributed by atoms with van der Waals surface area (Å²) in [5, 5.41) is 7.35. The minimum atomic E-state index is -0.390. The van der Waals surface area contributed by atoms with Gasteiger partial charge in [0.2, 0.25) is 0 Å². The Labute approximate surface area is 117 Å². The molecule has 0 aliphatic carbocycles. The fourth-order valence-corrected chi connectivity index (χ4v) is 1.91. The Morgan fingerprint density at radius 3 is 2.90 bits per heavy atom. The molecule has 0 fully saturated rings. The lowest BCUT2D eigenvalue weighted by atomic mass is 10.1. The van der Waals surface area contributed by atoms with Crippen LogP contribution in [0, 0.1) is 0 Å². The maximum Gasteiger partial charge on any atom is 0.337 e. The Balaban J connectivity index is 1.94. The van der Waals surface area contributed by atoms with Crippen LogP contribution >= 0.6 is 0 Å². The smallest absolute Gasteiger partial charge is 0.337 e. The molecule has 0 bridgehead atoms. The summed E-state index contributed by atoms with van der Waals surface area (Å²) in [6.07, 6.45) is 4.67. The van der Waals surface area contributed by atoms with Crippen LogP contribution in [0.3, 0.4) is 0 Å². The van der Waals surface area contributed by atoms with Crippen molar-refractivity contribution in [2.45, 2.75) is 6.42 Å². The number of carbonyl (C=O) groups is 1. The normalized spacial score (nSPS) is 10.3. The molecular formula is C14H18N4O2. The fraction of sp³-hybridized carbons (Fsp3) is 0.286. The van der Waals surface area contributed by atoms with Crippen LogP contribution in [0.25, 0.3) is 0 Å². The van der Waals surface area contributed by atoms with Crippen LogP contribution in [0.5, 0.6) is 0 Å². The number of methoxy groups -OCH3 is 1. The first-order chi connectivity index (χ1) is 9.60. The monoisotopic (exact) mass is 274 g/mol. The highest BCUT2D eigenvalue weighted by Gasteiger charge is 2.07. The van der Waals surface area contributed by atoms with Crippen LogP contribution in [0.4, 0.5) is 11.4 Å². The molecule has 2 aromatic rings. The first-order valence-corrected chi connectivity index (χ1v) is 6.29. The molecule has 2 rings (SSSR count). The molecule has 0 atom stereocenters. The summed E-state index contributed by atoms with van der Waals surface area (Å²) in [6.45, 7) is 0.744. The first kappa shape index (κ1) is 13.9. The van der Waals surface area contributed by atoms with Crippen molar-refractivity contribution < 1.29 is 9.53 Å². The zero-order valence-corrected chi connectivity index (χ0v) is 11.6. The predicted octanol–water partition coefficient (Wildman–Crippen LogP) is 1.44. The highest BCUT2D eigenvalue weighted by atomic mass is 16.5. The van der Waals surface area contributed by atoms with Gasteiger partial charge in [0.25, 0.3) is 0 Å². The zero-order valence-electron chi connectivity index (χ0n) is 11.6. The fourth-order valence-electron chi connectivity index (χ4n) is 1.91. The van der Waals surface area contributed by atoms with E-state index < -0.39 is 5.97 Å². The topological polar surface area (TPSA) is 82.2 Å². The van der Waals surface area contributed by atoms with Crippen LogP contribution in [0.15, 0.2) is 30.6 Å². The maximum absolute atomic E-state index is 11.4. The van der Waals surface area contributed by atoms with Gasteiger partial charge in [0.1, 0.15) is 0 Å². The molecule has 1 aromatic heterocycles. The number of hydrogen-bond acceptors (Lipinski definition) is 5. The van der Waals surface area contributed by atoms with Gasteiger partial charge in [-0.2, -0.15) is 5.10 Å². The van der Waals surface area contributed by atoms with Gasteiger partial charge < -0.3 is 15.8 Å². The molecule has 106 valence electrons. The number of carbonyl (C=O) groups excluding carboxylic acids is 1. The number of nitrogens with two attached hydrogens (primary N) is 1. The van der Waals surface area contributed by atoms with Crippen molar-refractivity contribution in [1.82, 2.24) is 9.78 Å². The number of nitrogen functional groups attached to an aromatic ring is 1. The molecule has 0 aliphatic heterocycles. The number of hydrogen-bond donors (Lipinski definition) is 2. The van der Waals surface area contributed by atoms with Crippen molar-refractivity contribution in [1.29, 1.82) is 0 Å². The highest BCUT2D eigenvalue weighted by molar-refractivity contribution is 5.91. The summed E-state index contributed by atoms with van der Waals surface area (Å²) in [5.74, 6) is -0.390. The van der Waals surface area contributed by atoms with E-state index in [0.717, 1.165) is 24.2 Å². The lowest BCUT2D eigenvalue weighted by Gasteiger charge is -2.09. The molecule has 0 spiro atoms. The molecule has 6 nitrogen and oxygen atoms in total. The molecule has 0 saturated carbocycles. The quantitative estimate of drug-likeness (QED) is 0.637. The van der Waals surface area contributed by atoms with Crippen LogP contribution in [0.2, 0.25) is 0 Å². The number of benzene rings is 1. The summed E-state index contributed by atoms with van der Waals surface area (Å²) < 4.78 is 6.42. The predicted molar refractivity (Wildman–Crippen MR) is 77.6 cm³/mol. The summed E-state index contributed by atoms with van der Waals surface area (Å²) >= 11 is 0. The second kappa shape index (κ2) is 6.10. The number of anilines is 2. The number of nitrogens with zero attached hydrogens (tertiary/aromatic N) is 2. The van der Waals surface area contributed by atoms with Gasteiger partial charge >= 0.3 is 5.97 Å². The minimum absolute atomic E-state index is 0.390. The summed E-state index contributed by atoms with van der Waals surface area (Å²) in [7, 11) is 3.24. The first-order valence-electron chi connectivity index (χ1n) is 6.29. The summed E-state index contributed by atoms with van der Waals surface area (Å²) in [4.78, 5) is 11.4. The van der Waals surface area contributed by atoms with E-state index in [4.69, 9.17) is 5.73 Å². The van der Waals surface area contributed by atoms with Gasteiger partial charge in [0.05, 0.1) is 30.2 Å². The van der Waals surface area contributed by atoms with E-state index in [1.807, 2.05) is 19.4 Å². The Morgan fingerprint density at radius 2 is 2.30 bits per heavy atom. The molecule has 0 aliphatic rings. The molecule has 20 heavy (non-hydrogen) atoms. The van der Waals surface area contributed by atoms with E-state index in [2.05, 4.69) is 15.2 Å². The third-order valence-corrected chi connectivity index (χ3v) is 2.96. The minimum Gasteiger partial charge on any atom is -0.465 e. The Hall–Kier alpha value is -2.50. The number of aromatic nitrogens is 2.